The van der Waals surface area contributed by atoms with Crippen molar-refractivity contribution in [1.82, 2.24) is 19.6 Å². The van der Waals surface area contributed by atoms with Crippen LogP contribution in [0.1, 0.15) is 56.1 Å². The number of rotatable bonds is 5. The second kappa shape index (κ2) is 4.64. The molecule has 1 N–H and O–H groups in total. The highest BCUT2D eigenvalue weighted by molar-refractivity contribution is 7.09. The van der Waals surface area contributed by atoms with Crippen LogP contribution in [0.4, 0.5) is 5.13 Å². The van der Waals surface area contributed by atoms with Gasteiger partial charge in [-0.3, -0.25) is 0 Å². The molecule has 18 heavy (non-hydrogen) atoms. The normalized spacial score (nSPS) is 15.3. The average molecular weight is 265 g/mol. The highest BCUT2D eigenvalue weighted by Gasteiger charge is 2.29. The highest BCUT2D eigenvalue weighted by Crippen LogP contribution is 2.39. The molecule has 2 aromatic rings. The molecule has 0 bridgehead atoms. The third-order valence-electron chi connectivity index (χ3n) is 2.76. The van der Waals surface area contributed by atoms with Crippen LogP contribution in [-0.2, 0) is 6.54 Å². The lowest BCUT2D eigenvalue weighted by Crippen LogP contribution is -1.99. The van der Waals surface area contributed by atoms with Gasteiger partial charge in [-0.2, -0.15) is 4.37 Å². The van der Waals surface area contributed by atoms with E-state index in [1.165, 1.54) is 24.4 Å². The van der Waals surface area contributed by atoms with Crippen molar-refractivity contribution in [3.05, 3.63) is 17.6 Å². The molecular weight excluding hydrogens is 250 g/mol. The third-order valence-corrected chi connectivity index (χ3v) is 3.44. The lowest BCUT2D eigenvalue weighted by atomic mass is 10.2. The summed E-state index contributed by atoms with van der Waals surface area (Å²) in [5.74, 6) is 3.10. The Morgan fingerprint density at radius 1 is 1.39 bits per heavy atom. The first kappa shape index (κ1) is 11.6. The van der Waals surface area contributed by atoms with E-state index < -0.39 is 0 Å². The van der Waals surface area contributed by atoms with E-state index in [0.29, 0.717) is 24.3 Å². The molecule has 0 atom stereocenters. The molecule has 6 nitrogen and oxygen atoms in total. The zero-order chi connectivity index (χ0) is 12.5. The van der Waals surface area contributed by atoms with Gasteiger partial charge in [-0.25, -0.2) is 4.98 Å². The molecule has 7 heteroatoms. The van der Waals surface area contributed by atoms with Gasteiger partial charge in [-0.15, -0.1) is 10.2 Å². The number of hydrogen-bond donors (Lipinski definition) is 1. The van der Waals surface area contributed by atoms with Crippen LogP contribution in [0.2, 0.25) is 0 Å². The van der Waals surface area contributed by atoms with Crippen molar-refractivity contribution in [2.45, 2.75) is 45.1 Å². The Hall–Kier alpha value is -1.50. The average Bonchev–Trinajstić information content (AvgIpc) is 2.92. The topological polar surface area (TPSA) is 76.7 Å². The fourth-order valence-electron chi connectivity index (χ4n) is 1.53. The predicted molar refractivity (Wildman–Crippen MR) is 67.6 cm³/mol. The largest absolute Gasteiger partial charge is 0.423 e. The minimum Gasteiger partial charge on any atom is -0.423 e. The van der Waals surface area contributed by atoms with Gasteiger partial charge in [0.05, 0.1) is 6.54 Å². The zero-order valence-electron chi connectivity index (χ0n) is 10.4. The van der Waals surface area contributed by atoms with Gasteiger partial charge in [0, 0.05) is 23.4 Å². The van der Waals surface area contributed by atoms with E-state index in [4.69, 9.17) is 4.42 Å². The molecule has 1 aliphatic rings. The van der Waals surface area contributed by atoms with Crippen LogP contribution in [0, 0.1) is 0 Å². The fraction of sp³-hybridized carbons (Fsp3) is 0.636. The van der Waals surface area contributed by atoms with E-state index in [1.807, 2.05) is 0 Å². The van der Waals surface area contributed by atoms with Gasteiger partial charge >= 0.3 is 0 Å². The Kier molecular flexibility index (Phi) is 2.99. The van der Waals surface area contributed by atoms with Gasteiger partial charge < -0.3 is 9.73 Å². The van der Waals surface area contributed by atoms with Crippen LogP contribution >= 0.6 is 11.5 Å². The molecule has 3 rings (SSSR count). The molecule has 2 heterocycles. The van der Waals surface area contributed by atoms with Gasteiger partial charge in [0.1, 0.15) is 5.82 Å². The van der Waals surface area contributed by atoms with E-state index in [1.54, 1.807) is 0 Å². The minimum atomic E-state index is 0.349. The third kappa shape index (κ3) is 2.50. The first-order valence-electron chi connectivity index (χ1n) is 6.12. The first-order valence-corrected chi connectivity index (χ1v) is 6.89. The molecule has 1 fully saturated rings. The molecule has 0 unspecified atom stereocenters. The van der Waals surface area contributed by atoms with Crippen molar-refractivity contribution in [1.29, 1.82) is 0 Å². The second-order valence-corrected chi connectivity index (χ2v) is 5.53. The summed E-state index contributed by atoms with van der Waals surface area (Å²) in [5.41, 5.74) is 0. The Morgan fingerprint density at radius 3 is 2.89 bits per heavy atom. The van der Waals surface area contributed by atoms with E-state index in [2.05, 4.69) is 38.7 Å². The van der Waals surface area contributed by atoms with Crippen LogP contribution in [0.25, 0.3) is 0 Å². The molecule has 0 amide bonds. The van der Waals surface area contributed by atoms with Gasteiger partial charge in [0.2, 0.25) is 16.9 Å². The summed E-state index contributed by atoms with van der Waals surface area (Å²) < 4.78 is 9.83. The molecule has 2 aromatic heterocycles. The van der Waals surface area contributed by atoms with Crippen LogP contribution in [0.5, 0.6) is 0 Å². The van der Waals surface area contributed by atoms with Crippen molar-refractivity contribution < 1.29 is 4.42 Å². The number of anilines is 1. The van der Waals surface area contributed by atoms with Crippen LogP contribution in [0.15, 0.2) is 4.42 Å². The first-order chi connectivity index (χ1) is 8.72. The Balaban J connectivity index is 1.58. The van der Waals surface area contributed by atoms with Crippen molar-refractivity contribution in [3.8, 4) is 0 Å². The monoisotopic (exact) mass is 265 g/mol. The van der Waals surface area contributed by atoms with Gasteiger partial charge in [0.15, 0.2) is 0 Å². The lowest BCUT2D eigenvalue weighted by Gasteiger charge is -1.97. The maximum atomic E-state index is 5.56. The summed E-state index contributed by atoms with van der Waals surface area (Å²) in [6, 6.07) is 0. The van der Waals surface area contributed by atoms with E-state index in [0.717, 1.165) is 16.8 Å². The Bertz CT molecular complexity index is 491. The summed E-state index contributed by atoms with van der Waals surface area (Å²) in [5, 5.41) is 12.0. The van der Waals surface area contributed by atoms with Gasteiger partial charge in [0.25, 0.3) is 0 Å². The molecule has 1 aliphatic carbocycles. The summed E-state index contributed by atoms with van der Waals surface area (Å²) in [4.78, 5) is 4.39. The fourth-order valence-corrected chi connectivity index (χ4v) is 2.23. The number of hydrogen-bond acceptors (Lipinski definition) is 7. The molecule has 0 spiro atoms. The highest BCUT2D eigenvalue weighted by atomic mass is 32.1. The van der Waals surface area contributed by atoms with Crippen LogP contribution < -0.4 is 5.32 Å². The summed E-state index contributed by atoms with van der Waals surface area (Å²) >= 11 is 1.36. The minimum absolute atomic E-state index is 0.349. The molecule has 0 saturated heterocycles. The number of aromatic nitrogens is 4. The van der Waals surface area contributed by atoms with E-state index in [9.17, 15) is 0 Å². The van der Waals surface area contributed by atoms with Gasteiger partial charge in [-0.1, -0.05) is 13.8 Å². The zero-order valence-corrected chi connectivity index (χ0v) is 11.2. The van der Waals surface area contributed by atoms with E-state index >= 15 is 0 Å². The molecule has 0 aliphatic heterocycles. The lowest BCUT2D eigenvalue weighted by molar-refractivity contribution is 0.457. The maximum Gasteiger partial charge on any atom is 0.235 e. The Labute approximate surface area is 109 Å². The van der Waals surface area contributed by atoms with Crippen molar-refractivity contribution in [2.24, 2.45) is 0 Å². The number of nitrogens with one attached hydrogen (secondary N) is 1. The quantitative estimate of drug-likeness (QED) is 0.895. The van der Waals surface area contributed by atoms with Crippen molar-refractivity contribution >= 4 is 16.7 Å². The van der Waals surface area contributed by atoms with E-state index in [-0.39, 0.29) is 0 Å². The molecule has 0 aromatic carbocycles. The smallest absolute Gasteiger partial charge is 0.235 e. The summed E-state index contributed by atoms with van der Waals surface area (Å²) in [7, 11) is 0. The van der Waals surface area contributed by atoms with Crippen LogP contribution in [0.3, 0.4) is 0 Å². The maximum absolute atomic E-state index is 5.56. The molecule has 1 saturated carbocycles. The molecular formula is C11H15N5OS. The summed E-state index contributed by atoms with van der Waals surface area (Å²) in [6.07, 6.45) is 2.34. The summed E-state index contributed by atoms with van der Waals surface area (Å²) in [6.45, 7) is 4.66. The predicted octanol–water partition coefficient (Wildman–Crippen LogP) is 2.53. The molecule has 96 valence electrons. The standard InChI is InChI=1S/C11H15N5OS/c1-6(2)9-13-11(18-16-9)12-5-8-14-15-10(17-8)7-3-4-7/h6-7H,3-5H2,1-2H3,(H,12,13,16). The molecule has 0 radical (unpaired) electrons. The van der Waals surface area contributed by atoms with Crippen LogP contribution in [-0.4, -0.2) is 19.6 Å². The Morgan fingerprint density at radius 2 is 2.22 bits per heavy atom. The van der Waals surface area contributed by atoms with Crippen molar-refractivity contribution in [2.75, 3.05) is 5.32 Å². The van der Waals surface area contributed by atoms with Gasteiger partial charge in [-0.05, 0) is 12.8 Å². The second-order valence-electron chi connectivity index (χ2n) is 4.77. The number of nitrogens with zero attached hydrogens (tertiary/aromatic N) is 4. The SMILES string of the molecule is CC(C)c1nsc(NCc2nnc(C3CC3)o2)n1. The van der Waals surface area contributed by atoms with Crippen molar-refractivity contribution in [3.63, 3.8) is 0 Å².